The highest BCUT2D eigenvalue weighted by molar-refractivity contribution is 5.77. The number of β-amino-alcohol motifs (C(OH)–C–C–N with tert-alkyl or cyclic N) is 1. The fourth-order valence-electron chi connectivity index (χ4n) is 4.39. The van der Waals surface area contributed by atoms with Gasteiger partial charge in [-0.05, 0) is 38.0 Å². The van der Waals surface area contributed by atoms with E-state index in [1.165, 1.54) is 0 Å². The lowest BCUT2D eigenvalue weighted by molar-refractivity contribution is -0.0426. The number of rotatable bonds is 5. The molecule has 3 aliphatic rings. The van der Waals surface area contributed by atoms with Gasteiger partial charge in [-0.3, -0.25) is 4.90 Å². The molecule has 2 atom stereocenters. The number of ether oxygens (including phenoxy) is 1. The van der Waals surface area contributed by atoms with Crippen LogP contribution >= 0.6 is 0 Å². The average molecular weight is 325 g/mol. The first-order valence-corrected chi connectivity index (χ1v) is 9.01. The Morgan fingerprint density at radius 1 is 1.35 bits per heavy atom. The highest BCUT2D eigenvalue weighted by Crippen LogP contribution is 2.33. The van der Waals surface area contributed by atoms with Crippen molar-refractivity contribution in [3.8, 4) is 0 Å². The van der Waals surface area contributed by atoms with Crippen molar-refractivity contribution in [2.45, 2.75) is 56.7 Å². The maximum absolute atomic E-state index is 12.1. The number of carbonyl (C=O) groups excluding carboxylic acids is 1. The molecule has 0 spiro atoms. The summed E-state index contributed by atoms with van der Waals surface area (Å²) in [5, 5.41) is 14.0. The number of hydrogen-bond acceptors (Lipinski definition) is 4. The van der Waals surface area contributed by atoms with Gasteiger partial charge in [0.15, 0.2) is 0 Å². The minimum atomic E-state index is -0.530. The molecule has 6 nitrogen and oxygen atoms in total. The van der Waals surface area contributed by atoms with Crippen LogP contribution in [0.15, 0.2) is 0 Å². The lowest BCUT2D eigenvalue weighted by Crippen LogP contribution is -2.55. The smallest absolute Gasteiger partial charge is 0.318 e. The lowest BCUT2D eigenvalue weighted by Gasteiger charge is -2.42. The van der Waals surface area contributed by atoms with Crippen molar-refractivity contribution in [1.29, 1.82) is 0 Å². The highest BCUT2D eigenvalue weighted by atomic mass is 16.5. The van der Waals surface area contributed by atoms with Crippen LogP contribution in [0.4, 0.5) is 4.79 Å². The Kier molecular flexibility index (Phi) is 5.13. The summed E-state index contributed by atoms with van der Waals surface area (Å²) >= 11 is 0. The van der Waals surface area contributed by atoms with Crippen LogP contribution in [-0.4, -0.2) is 78.5 Å². The van der Waals surface area contributed by atoms with Crippen molar-refractivity contribution >= 4 is 6.03 Å². The molecule has 1 saturated carbocycles. The third kappa shape index (κ3) is 3.80. The van der Waals surface area contributed by atoms with Crippen LogP contribution in [0.25, 0.3) is 0 Å². The van der Waals surface area contributed by atoms with Crippen LogP contribution in [0, 0.1) is 5.92 Å². The van der Waals surface area contributed by atoms with Crippen LogP contribution in [0.1, 0.15) is 39.0 Å². The van der Waals surface area contributed by atoms with Gasteiger partial charge in [0.1, 0.15) is 0 Å². The molecule has 23 heavy (non-hydrogen) atoms. The zero-order chi connectivity index (χ0) is 16.4. The Hall–Kier alpha value is -0.850. The second-order valence-corrected chi connectivity index (χ2v) is 7.74. The molecule has 1 aliphatic carbocycles. The van der Waals surface area contributed by atoms with E-state index in [1.807, 2.05) is 4.90 Å². The van der Waals surface area contributed by atoms with Gasteiger partial charge >= 0.3 is 6.03 Å². The Balaban J connectivity index is 1.54. The summed E-state index contributed by atoms with van der Waals surface area (Å²) in [6.07, 6.45) is 5.03. The standard InChI is InChI=1S/C17H31N3O3/c1-13-3-6-17(22,7-4-13)12-19-8-5-15-14(11-19)18-16(21)20(15)9-10-23-2/h13-15,22H,3-12H2,1-2H3,(H,18,21)/t13?,14-,15+,17?/m1/s1. The normalized spacial score (nSPS) is 38.5. The Morgan fingerprint density at radius 2 is 2.09 bits per heavy atom. The van der Waals surface area contributed by atoms with Crippen LogP contribution in [-0.2, 0) is 4.74 Å². The number of nitrogens with one attached hydrogen (secondary N) is 1. The van der Waals surface area contributed by atoms with Crippen molar-refractivity contribution in [2.75, 3.05) is 39.9 Å². The number of fused-ring (bicyclic) bond motifs is 1. The van der Waals surface area contributed by atoms with E-state index in [-0.39, 0.29) is 18.1 Å². The van der Waals surface area contributed by atoms with Gasteiger partial charge in [-0.25, -0.2) is 4.79 Å². The maximum Gasteiger partial charge on any atom is 0.318 e. The van der Waals surface area contributed by atoms with Crippen LogP contribution in [0.3, 0.4) is 0 Å². The Morgan fingerprint density at radius 3 is 2.78 bits per heavy atom. The van der Waals surface area contributed by atoms with E-state index < -0.39 is 5.60 Å². The van der Waals surface area contributed by atoms with E-state index in [0.29, 0.717) is 13.2 Å². The summed E-state index contributed by atoms with van der Waals surface area (Å²) in [5.41, 5.74) is -0.530. The molecule has 3 fully saturated rings. The first-order chi connectivity index (χ1) is 11.0. The number of urea groups is 1. The first kappa shape index (κ1) is 17.0. The number of likely N-dealkylation sites (tertiary alicyclic amines) is 1. The molecule has 6 heteroatoms. The second-order valence-electron chi connectivity index (χ2n) is 7.74. The number of methoxy groups -OCH3 is 1. The van der Waals surface area contributed by atoms with Gasteiger partial charge in [0.25, 0.3) is 0 Å². The van der Waals surface area contributed by atoms with E-state index in [2.05, 4.69) is 17.1 Å². The predicted octanol–water partition coefficient (Wildman–Crippen LogP) is 1.04. The van der Waals surface area contributed by atoms with Crippen molar-refractivity contribution < 1.29 is 14.6 Å². The van der Waals surface area contributed by atoms with E-state index >= 15 is 0 Å². The molecule has 2 amide bonds. The molecule has 0 unspecified atom stereocenters. The zero-order valence-corrected chi connectivity index (χ0v) is 14.5. The topological polar surface area (TPSA) is 65.0 Å². The summed E-state index contributed by atoms with van der Waals surface area (Å²) < 4.78 is 5.11. The van der Waals surface area contributed by atoms with E-state index in [0.717, 1.165) is 57.7 Å². The Bertz CT molecular complexity index is 423. The number of amides is 2. The molecule has 2 aliphatic heterocycles. The number of carbonyl (C=O) groups is 1. The number of piperidine rings is 1. The zero-order valence-electron chi connectivity index (χ0n) is 14.5. The minimum Gasteiger partial charge on any atom is -0.389 e. The van der Waals surface area contributed by atoms with Crippen LogP contribution in [0.2, 0.25) is 0 Å². The van der Waals surface area contributed by atoms with E-state index in [9.17, 15) is 9.90 Å². The van der Waals surface area contributed by atoms with Gasteiger partial charge in [0.05, 0.1) is 24.3 Å². The summed E-state index contributed by atoms with van der Waals surface area (Å²) in [4.78, 5) is 16.4. The van der Waals surface area contributed by atoms with Crippen molar-refractivity contribution in [3.05, 3.63) is 0 Å². The summed E-state index contributed by atoms with van der Waals surface area (Å²) in [5.74, 6) is 0.740. The number of aliphatic hydroxyl groups is 1. The van der Waals surface area contributed by atoms with Gasteiger partial charge in [0.2, 0.25) is 0 Å². The third-order valence-electron chi connectivity index (χ3n) is 5.89. The predicted molar refractivity (Wildman–Crippen MR) is 88.3 cm³/mol. The highest BCUT2D eigenvalue weighted by Gasteiger charge is 2.43. The molecule has 0 aromatic rings. The molecule has 0 bridgehead atoms. The quantitative estimate of drug-likeness (QED) is 0.793. The SMILES string of the molecule is COCCN1C(=O)N[C@@H]2CN(CC3(O)CCC(C)CC3)CC[C@@H]21. The van der Waals surface area contributed by atoms with Crippen molar-refractivity contribution in [3.63, 3.8) is 0 Å². The number of hydrogen-bond donors (Lipinski definition) is 2. The van der Waals surface area contributed by atoms with Gasteiger partial charge in [-0.2, -0.15) is 0 Å². The van der Waals surface area contributed by atoms with Gasteiger partial charge in [0, 0.05) is 33.3 Å². The second kappa shape index (κ2) is 6.95. The van der Waals surface area contributed by atoms with Crippen LogP contribution < -0.4 is 5.32 Å². The molecule has 0 aromatic carbocycles. The third-order valence-corrected chi connectivity index (χ3v) is 5.89. The van der Waals surface area contributed by atoms with E-state index in [1.54, 1.807) is 7.11 Å². The summed E-state index contributed by atoms with van der Waals surface area (Å²) in [6.45, 7) is 6.06. The van der Waals surface area contributed by atoms with Gasteiger partial charge in [-0.15, -0.1) is 0 Å². The summed E-state index contributed by atoms with van der Waals surface area (Å²) in [7, 11) is 1.67. The first-order valence-electron chi connectivity index (χ1n) is 9.01. The molecule has 2 saturated heterocycles. The maximum atomic E-state index is 12.1. The van der Waals surface area contributed by atoms with E-state index in [4.69, 9.17) is 4.74 Å². The van der Waals surface area contributed by atoms with Gasteiger partial charge < -0.3 is 20.1 Å². The molecule has 2 heterocycles. The van der Waals surface area contributed by atoms with Gasteiger partial charge in [-0.1, -0.05) is 6.92 Å². The molecular weight excluding hydrogens is 294 g/mol. The molecule has 0 aromatic heterocycles. The number of nitrogens with zero attached hydrogens (tertiary/aromatic N) is 2. The largest absolute Gasteiger partial charge is 0.389 e. The monoisotopic (exact) mass is 325 g/mol. The minimum absolute atomic E-state index is 0.0316. The molecule has 0 radical (unpaired) electrons. The Labute approximate surface area is 139 Å². The molecular formula is C17H31N3O3. The average Bonchev–Trinajstić information content (AvgIpc) is 2.83. The lowest BCUT2D eigenvalue weighted by atomic mass is 9.79. The van der Waals surface area contributed by atoms with Crippen molar-refractivity contribution in [2.24, 2.45) is 5.92 Å². The van der Waals surface area contributed by atoms with Crippen LogP contribution in [0.5, 0.6) is 0 Å². The summed E-state index contributed by atoms with van der Waals surface area (Å²) in [6, 6.07) is 0.484. The molecule has 132 valence electrons. The fraction of sp³-hybridized carbons (Fsp3) is 0.941. The van der Waals surface area contributed by atoms with Crippen molar-refractivity contribution in [1.82, 2.24) is 15.1 Å². The molecule has 3 rings (SSSR count). The fourth-order valence-corrected chi connectivity index (χ4v) is 4.39. The molecule has 2 N–H and O–H groups in total.